The van der Waals surface area contributed by atoms with Crippen LogP contribution >= 0.6 is 0 Å². The van der Waals surface area contributed by atoms with E-state index in [0.29, 0.717) is 11.1 Å². The highest BCUT2D eigenvalue weighted by Gasteiger charge is 2.53. The topological polar surface area (TPSA) is 135 Å². The third-order valence-electron chi connectivity index (χ3n) is 5.09. The molecular formula is C17H24O9. The van der Waals surface area contributed by atoms with Gasteiger partial charge < -0.3 is 39.4 Å². The van der Waals surface area contributed by atoms with E-state index in [9.17, 15) is 25.2 Å². The van der Waals surface area contributed by atoms with Crippen LogP contribution in [0.15, 0.2) is 23.5 Å². The van der Waals surface area contributed by atoms with Gasteiger partial charge in [0.15, 0.2) is 12.1 Å². The van der Waals surface area contributed by atoms with Gasteiger partial charge in [-0.05, 0) is 13.0 Å². The van der Waals surface area contributed by atoms with Gasteiger partial charge in [0.05, 0.1) is 25.4 Å². The third-order valence-corrected chi connectivity index (χ3v) is 5.09. The average molecular weight is 372 g/mol. The van der Waals surface area contributed by atoms with Gasteiger partial charge in [0.25, 0.3) is 0 Å². The first kappa shape index (κ1) is 19.4. The summed E-state index contributed by atoms with van der Waals surface area (Å²) in [5.74, 6) is -1.94. The molecule has 146 valence electrons. The summed E-state index contributed by atoms with van der Waals surface area (Å²) in [6, 6.07) is 0. The lowest BCUT2D eigenvalue weighted by molar-refractivity contribution is -0.357. The Bertz CT molecular complexity index is 613. The predicted molar refractivity (Wildman–Crippen MR) is 85.5 cm³/mol. The maximum atomic E-state index is 12.3. The maximum Gasteiger partial charge on any atom is 0.235 e. The number of aliphatic hydroxyl groups excluding tert-OH is 4. The van der Waals surface area contributed by atoms with Gasteiger partial charge in [-0.2, -0.15) is 0 Å². The van der Waals surface area contributed by atoms with Gasteiger partial charge in [0, 0.05) is 24.7 Å². The van der Waals surface area contributed by atoms with Crippen LogP contribution in [0.2, 0.25) is 0 Å². The Kier molecular flexibility index (Phi) is 5.50. The lowest BCUT2D eigenvalue weighted by Gasteiger charge is -2.47. The van der Waals surface area contributed by atoms with E-state index in [4.69, 9.17) is 18.9 Å². The van der Waals surface area contributed by atoms with Gasteiger partial charge in [0.1, 0.15) is 24.4 Å². The van der Waals surface area contributed by atoms with Crippen molar-refractivity contribution in [3.63, 3.8) is 0 Å². The standard InChI is InChI=1S/C17H24O9/c1-8-3-11(19)10-4-17(8,24-7-9(10)6-23-2)26-16-15(22)14(21)13(20)12(5-18)25-16/h3,7,10,12-16,18,20-22H,4-6H2,1-2H3. The zero-order valence-corrected chi connectivity index (χ0v) is 14.6. The van der Waals surface area contributed by atoms with Gasteiger partial charge >= 0.3 is 0 Å². The van der Waals surface area contributed by atoms with Gasteiger partial charge in [-0.1, -0.05) is 0 Å². The highest BCUT2D eigenvalue weighted by molar-refractivity contribution is 5.96. The van der Waals surface area contributed by atoms with Crippen LogP contribution < -0.4 is 0 Å². The highest BCUT2D eigenvalue weighted by Crippen LogP contribution is 2.44. The second kappa shape index (κ2) is 7.35. The summed E-state index contributed by atoms with van der Waals surface area (Å²) in [6.07, 6.45) is -4.06. The number of hydrogen-bond acceptors (Lipinski definition) is 9. The zero-order chi connectivity index (χ0) is 19.1. The number of ether oxygens (including phenoxy) is 4. The molecule has 0 amide bonds. The van der Waals surface area contributed by atoms with Crippen LogP contribution in [-0.4, -0.2) is 83.0 Å². The maximum absolute atomic E-state index is 12.3. The third kappa shape index (κ3) is 3.20. The first-order chi connectivity index (χ1) is 12.3. The number of fused-ring (bicyclic) bond motifs is 2. The quantitative estimate of drug-likeness (QED) is 0.459. The molecule has 7 unspecified atom stereocenters. The molecule has 1 saturated heterocycles. The van der Waals surface area contributed by atoms with E-state index in [0.717, 1.165) is 0 Å². The number of carbonyl (C=O) groups is 1. The summed E-state index contributed by atoms with van der Waals surface area (Å²) in [5.41, 5.74) is 1.16. The molecular weight excluding hydrogens is 348 g/mol. The van der Waals surface area contributed by atoms with Crippen LogP contribution in [0.4, 0.5) is 0 Å². The molecule has 26 heavy (non-hydrogen) atoms. The number of carbonyl (C=O) groups excluding carboxylic acids is 1. The van der Waals surface area contributed by atoms with Gasteiger partial charge in [-0.15, -0.1) is 0 Å². The predicted octanol–water partition coefficient (Wildman–Crippen LogP) is -1.40. The second-order valence-corrected chi connectivity index (χ2v) is 6.80. The molecule has 9 heteroatoms. The minimum atomic E-state index is -1.56. The Hall–Kier alpha value is -1.33. The molecule has 3 aliphatic rings. The van der Waals surface area contributed by atoms with Crippen LogP contribution in [0.1, 0.15) is 13.3 Å². The molecule has 2 bridgehead atoms. The van der Waals surface area contributed by atoms with E-state index in [2.05, 4.69) is 0 Å². The smallest absolute Gasteiger partial charge is 0.235 e. The van der Waals surface area contributed by atoms with E-state index in [-0.39, 0.29) is 18.8 Å². The zero-order valence-electron chi connectivity index (χ0n) is 14.6. The summed E-state index contributed by atoms with van der Waals surface area (Å²) in [5, 5.41) is 39.3. The molecule has 1 fully saturated rings. The Morgan fingerprint density at radius 1 is 1.27 bits per heavy atom. The monoisotopic (exact) mass is 372 g/mol. The molecule has 0 aromatic rings. The fraction of sp³-hybridized carbons (Fsp3) is 0.706. The summed E-state index contributed by atoms with van der Waals surface area (Å²) in [6.45, 7) is 1.33. The van der Waals surface area contributed by atoms with Crippen LogP contribution in [0.5, 0.6) is 0 Å². The van der Waals surface area contributed by atoms with Gasteiger partial charge in [-0.3, -0.25) is 4.79 Å². The van der Waals surface area contributed by atoms with Crippen molar-refractivity contribution in [2.45, 2.75) is 49.8 Å². The van der Waals surface area contributed by atoms with Crippen LogP contribution in [0, 0.1) is 5.92 Å². The van der Waals surface area contributed by atoms with Crippen LogP contribution in [0.25, 0.3) is 0 Å². The summed E-state index contributed by atoms with van der Waals surface area (Å²) in [4.78, 5) is 12.3. The summed E-state index contributed by atoms with van der Waals surface area (Å²) < 4.78 is 22.1. The van der Waals surface area contributed by atoms with Gasteiger partial charge in [-0.25, -0.2) is 0 Å². The fourth-order valence-electron chi connectivity index (χ4n) is 3.48. The van der Waals surface area contributed by atoms with E-state index < -0.39 is 49.0 Å². The first-order valence-electron chi connectivity index (χ1n) is 8.39. The molecule has 0 aromatic heterocycles. The molecule has 0 aromatic carbocycles. The Balaban J connectivity index is 1.85. The molecule has 7 atom stereocenters. The van der Waals surface area contributed by atoms with Crippen molar-refractivity contribution in [1.29, 1.82) is 0 Å². The fourth-order valence-corrected chi connectivity index (χ4v) is 3.48. The van der Waals surface area contributed by atoms with Crippen molar-refractivity contribution in [3.8, 4) is 0 Å². The minimum Gasteiger partial charge on any atom is -0.466 e. The van der Waals surface area contributed by atoms with E-state index in [1.54, 1.807) is 6.92 Å². The van der Waals surface area contributed by atoms with Crippen molar-refractivity contribution in [2.75, 3.05) is 20.3 Å². The number of ketones is 1. The SMILES string of the molecule is COCC1=COC2(OC3OC(CO)C(O)C(O)C3O)CC1C(=O)C=C2C. The molecule has 9 nitrogen and oxygen atoms in total. The van der Waals surface area contributed by atoms with Crippen molar-refractivity contribution in [3.05, 3.63) is 23.5 Å². The molecule has 1 aliphatic carbocycles. The van der Waals surface area contributed by atoms with E-state index in [1.165, 1.54) is 19.4 Å². The number of allylic oxidation sites excluding steroid dienone is 1. The van der Waals surface area contributed by atoms with Crippen molar-refractivity contribution >= 4 is 5.78 Å². The molecule has 3 rings (SSSR count). The van der Waals surface area contributed by atoms with Crippen LogP contribution in [0.3, 0.4) is 0 Å². The molecule has 0 spiro atoms. The minimum absolute atomic E-state index is 0.0953. The number of methoxy groups -OCH3 is 1. The molecule has 2 aliphatic heterocycles. The van der Waals surface area contributed by atoms with Crippen molar-refractivity contribution < 1.29 is 44.2 Å². The lowest BCUT2D eigenvalue weighted by Crippen LogP contribution is -2.61. The van der Waals surface area contributed by atoms with E-state index >= 15 is 0 Å². The molecule has 4 N–H and O–H groups in total. The lowest BCUT2D eigenvalue weighted by atomic mass is 9.79. The highest BCUT2D eigenvalue weighted by atomic mass is 16.8. The summed E-state index contributed by atoms with van der Waals surface area (Å²) >= 11 is 0. The summed E-state index contributed by atoms with van der Waals surface area (Å²) in [7, 11) is 1.52. The Labute approximate surface area is 150 Å². The number of rotatable bonds is 5. The first-order valence-corrected chi connectivity index (χ1v) is 8.39. The van der Waals surface area contributed by atoms with Crippen molar-refractivity contribution in [2.24, 2.45) is 5.92 Å². The Morgan fingerprint density at radius 3 is 2.65 bits per heavy atom. The van der Waals surface area contributed by atoms with Gasteiger partial charge in [0.2, 0.25) is 5.79 Å². The number of aliphatic hydroxyl groups is 4. The molecule has 0 radical (unpaired) electrons. The number of hydrogen-bond donors (Lipinski definition) is 4. The molecule has 0 saturated carbocycles. The van der Waals surface area contributed by atoms with Crippen LogP contribution in [-0.2, 0) is 23.7 Å². The largest absolute Gasteiger partial charge is 0.466 e. The van der Waals surface area contributed by atoms with E-state index in [1.807, 2.05) is 0 Å². The molecule has 2 heterocycles. The normalized spacial score (nSPS) is 42.8. The van der Waals surface area contributed by atoms with Crippen molar-refractivity contribution in [1.82, 2.24) is 0 Å². The average Bonchev–Trinajstić information content (AvgIpc) is 2.62. The Morgan fingerprint density at radius 2 is 2.00 bits per heavy atom. The second-order valence-electron chi connectivity index (χ2n) is 6.80.